The molecule has 1 aliphatic rings. The van der Waals surface area contributed by atoms with Gasteiger partial charge in [-0.1, -0.05) is 26.0 Å². The summed E-state index contributed by atoms with van der Waals surface area (Å²) in [4.78, 5) is 37.9. The van der Waals surface area contributed by atoms with E-state index in [9.17, 15) is 14.4 Å². The molecule has 0 radical (unpaired) electrons. The maximum Gasteiger partial charge on any atom is 0.341 e. The van der Waals surface area contributed by atoms with Crippen molar-refractivity contribution in [2.75, 3.05) is 26.1 Å². The van der Waals surface area contributed by atoms with Crippen molar-refractivity contribution >= 4 is 34.2 Å². The maximum atomic E-state index is 12.4. The first kappa shape index (κ1) is 21.8. The Balaban J connectivity index is 1.74. The summed E-state index contributed by atoms with van der Waals surface area (Å²) >= 11 is 1.28. The Hall–Kier alpha value is -2.87. The number of hydrogen-bond acceptors (Lipinski definition) is 7. The van der Waals surface area contributed by atoms with Crippen LogP contribution in [0.3, 0.4) is 0 Å². The lowest BCUT2D eigenvalue weighted by Crippen LogP contribution is -2.22. The fourth-order valence-electron chi connectivity index (χ4n) is 3.50. The predicted octanol–water partition coefficient (Wildman–Crippen LogP) is 3.88. The first-order chi connectivity index (χ1) is 14.3. The van der Waals surface area contributed by atoms with Gasteiger partial charge in [-0.05, 0) is 42.0 Å². The van der Waals surface area contributed by atoms with Crippen LogP contribution in [0.4, 0.5) is 5.00 Å². The molecule has 8 heteroatoms. The molecule has 0 saturated heterocycles. The van der Waals surface area contributed by atoms with Crippen molar-refractivity contribution in [3.05, 3.63) is 45.8 Å². The third kappa shape index (κ3) is 4.48. The molecule has 0 unspecified atom stereocenters. The smallest absolute Gasteiger partial charge is 0.341 e. The van der Waals surface area contributed by atoms with Gasteiger partial charge in [0.2, 0.25) is 0 Å². The van der Waals surface area contributed by atoms with E-state index >= 15 is 0 Å². The molecule has 1 amide bonds. The van der Waals surface area contributed by atoms with Crippen molar-refractivity contribution in [1.82, 2.24) is 0 Å². The van der Waals surface area contributed by atoms with Crippen LogP contribution in [0.2, 0.25) is 0 Å². The lowest BCUT2D eigenvalue weighted by Gasteiger charge is -2.12. The van der Waals surface area contributed by atoms with Crippen LogP contribution >= 0.6 is 11.3 Å². The van der Waals surface area contributed by atoms with Crippen molar-refractivity contribution in [3.8, 4) is 5.75 Å². The molecular weight excluding hydrogens is 406 g/mol. The maximum absolute atomic E-state index is 12.4. The van der Waals surface area contributed by atoms with Gasteiger partial charge in [0, 0.05) is 4.88 Å². The molecule has 1 heterocycles. The van der Waals surface area contributed by atoms with Gasteiger partial charge < -0.3 is 19.5 Å². The molecule has 1 aromatic carbocycles. The highest BCUT2D eigenvalue weighted by molar-refractivity contribution is 7.17. The Morgan fingerprint density at radius 3 is 2.43 bits per heavy atom. The highest BCUT2D eigenvalue weighted by atomic mass is 32.1. The number of thiophene rings is 1. The number of carbonyl (C=O) groups is 3. The molecule has 1 atom stereocenters. The Kier molecular flexibility index (Phi) is 6.77. The first-order valence-electron chi connectivity index (χ1n) is 9.70. The lowest BCUT2D eigenvalue weighted by atomic mass is 9.99. The van der Waals surface area contributed by atoms with Crippen LogP contribution in [0.1, 0.15) is 58.5 Å². The number of ether oxygens (including phenoxy) is 3. The molecule has 0 aliphatic heterocycles. The standard InChI is InChI=1S/C22H25NO6S/c1-12(2)13-5-7-14(8-6-13)29-11-17(24)23-20-19(22(26)28-4)18-15(21(25)27-3)9-10-16(18)30-20/h5-8,12,15H,9-11H2,1-4H3,(H,23,24)/t15-/m1/s1. The Morgan fingerprint density at radius 2 is 1.83 bits per heavy atom. The van der Waals surface area contributed by atoms with E-state index < -0.39 is 23.8 Å². The molecule has 0 bridgehead atoms. The van der Waals surface area contributed by atoms with Crippen molar-refractivity contribution in [3.63, 3.8) is 0 Å². The van der Waals surface area contributed by atoms with Gasteiger partial charge in [-0.25, -0.2) is 4.79 Å². The number of amides is 1. The van der Waals surface area contributed by atoms with Crippen LogP contribution in [0.5, 0.6) is 5.75 Å². The number of esters is 2. The minimum Gasteiger partial charge on any atom is -0.484 e. The number of aryl methyl sites for hydroxylation is 1. The third-order valence-corrected chi connectivity index (χ3v) is 6.26. The van der Waals surface area contributed by atoms with E-state index in [-0.39, 0.29) is 12.2 Å². The van der Waals surface area contributed by atoms with Crippen LogP contribution in [0, 0.1) is 0 Å². The molecule has 7 nitrogen and oxygen atoms in total. The van der Waals surface area contributed by atoms with Gasteiger partial charge in [0.15, 0.2) is 6.61 Å². The molecule has 0 fully saturated rings. The van der Waals surface area contributed by atoms with Gasteiger partial charge in [-0.15, -0.1) is 11.3 Å². The lowest BCUT2D eigenvalue weighted by molar-refractivity contribution is -0.142. The highest BCUT2D eigenvalue weighted by Gasteiger charge is 2.38. The summed E-state index contributed by atoms with van der Waals surface area (Å²) in [6, 6.07) is 7.57. The van der Waals surface area contributed by atoms with Crippen molar-refractivity contribution in [2.24, 2.45) is 0 Å². The number of hydrogen-bond donors (Lipinski definition) is 1. The summed E-state index contributed by atoms with van der Waals surface area (Å²) in [6.45, 7) is 4.00. The van der Waals surface area contributed by atoms with Gasteiger partial charge in [-0.2, -0.15) is 0 Å². The zero-order chi connectivity index (χ0) is 21.8. The van der Waals surface area contributed by atoms with E-state index in [0.717, 1.165) is 4.88 Å². The van der Waals surface area contributed by atoms with Crippen LogP contribution in [-0.2, 0) is 25.5 Å². The van der Waals surface area contributed by atoms with Crippen LogP contribution in [0.25, 0.3) is 0 Å². The summed E-state index contributed by atoms with van der Waals surface area (Å²) in [5.41, 5.74) is 2.00. The number of fused-ring (bicyclic) bond motifs is 1. The number of carbonyl (C=O) groups excluding carboxylic acids is 3. The third-order valence-electron chi connectivity index (χ3n) is 5.08. The Bertz CT molecular complexity index is 947. The van der Waals surface area contributed by atoms with E-state index in [1.807, 2.05) is 24.3 Å². The molecular formula is C22H25NO6S. The second-order valence-electron chi connectivity index (χ2n) is 7.31. The molecule has 0 saturated carbocycles. The minimum absolute atomic E-state index is 0.204. The van der Waals surface area contributed by atoms with E-state index in [4.69, 9.17) is 14.2 Å². The Labute approximate surface area is 179 Å². The van der Waals surface area contributed by atoms with E-state index in [0.29, 0.717) is 35.1 Å². The molecule has 160 valence electrons. The predicted molar refractivity (Wildman–Crippen MR) is 113 cm³/mol. The summed E-state index contributed by atoms with van der Waals surface area (Å²) in [6.07, 6.45) is 1.21. The zero-order valence-corrected chi connectivity index (χ0v) is 18.3. The number of methoxy groups -OCH3 is 2. The van der Waals surface area contributed by atoms with Gasteiger partial charge in [0.05, 0.1) is 25.7 Å². The zero-order valence-electron chi connectivity index (χ0n) is 17.4. The summed E-state index contributed by atoms with van der Waals surface area (Å²) < 4.78 is 15.3. The van der Waals surface area contributed by atoms with Gasteiger partial charge in [-0.3, -0.25) is 9.59 Å². The van der Waals surface area contributed by atoms with Gasteiger partial charge >= 0.3 is 11.9 Å². The highest BCUT2D eigenvalue weighted by Crippen LogP contribution is 2.45. The second-order valence-corrected chi connectivity index (χ2v) is 8.41. The largest absolute Gasteiger partial charge is 0.484 e. The number of rotatable bonds is 7. The molecule has 1 aromatic heterocycles. The van der Waals surface area contributed by atoms with Gasteiger partial charge in [0.1, 0.15) is 10.8 Å². The average molecular weight is 432 g/mol. The minimum atomic E-state index is -0.594. The number of benzene rings is 1. The van der Waals surface area contributed by atoms with E-state index in [2.05, 4.69) is 19.2 Å². The first-order valence-corrected chi connectivity index (χ1v) is 10.5. The molecule has 1 aliphatic carbocycles. The number of nitrogens with one attached hydrogen (secondary N) is 1. The van der Waals surface area contributed by atoms with Crippen LogP contribution in [-0.4, -0.2) is 38.7 Å². The molecule has 2 aromatic rings. The fraction of sp³-hybridized carbons (Fsp3) is 0.409. The molecule has 3 rings (SSSR count). The van der Waals surface area contributed by atoms with Crippen LogP contribution in [0.15, 0.2) is 24.3 Å². The van der Waals surface area contributed by atoms with E-state index in [1.165, 1.54) is 31.1 Å². The normalized spacial score (nSPS) is 14.9. The Morgan fingerprint density at radius 1 is 1.13 bits per heavy atom. The molecule has 1 N–H and O–H groups in total. The SMILES string of the molecule is COC(=O)c1c(NC(=O)COc2ccc(C(C)C)cc2)sc2c1[C@H](C(=O)OC)CC2. The second kappa shape index (κ2) is 9.30. The molecule has 30 heavy (non-hydrogen) atoms. The average Bonchev–Trinajstić information content (AvgIpc) is 3.30. The quantitative estimate of drug-likeness (QED) is 0.669. The van der Waals surface area contributed by atoms with Crippen molar-refractivity contribution < 1.29 is 28.6 Å². The van der Waals surface area contributed by atoms with E-state index in [1.54, 1.807) is 0 Å². The van der Waals surface area contributed by atoms with Crippen LogP contribution < -0.4 is 10.1 Å². The summed E-state index contributed by atoms with van der Waals surface area (Å²) in [5.74, 6) is -0.929. The monoisotopic (exact) mass is 431 g/mol. The number of anilines is 1. The van der Waals surface area contributed by atoms with Gasteiger partial charge in [0.25, 0.3) is 5.91 Å². The molecule has 0 spiro atoms. The van der Waals surface area contributed by atoms with Crippen molar-refractivity contribution in [1.29, 1.82) is 0 Å². The fourth-order valence-corrected chi connectivity index (χ4v) is 4.78. The summed E-state index contributed by atoms with van der Waals surface area (Å²) in [7, 11) is 2.59. The van der Waals surface area contributed by atoms with Crippen molar-refractivity contribution in [2.45, 2.75) is 38.5 Å². The topological polar surface area (TPSA) is 90.9 Å². The summed E-state index contributed by atoms with van der Waals surface area (Å²) in [5, 5.41) is 3.10.